The van der Waals surface area contributed by atoms with Gasteiger partial charge in [-0.2, -0.15) is 0 Å². The van der Waals surface area contributed by atoms with Crippen molar-refractivity contribution >= 4 is 5.84 Å². The summed E-state index contributed by atoms with van der Waals surface area (Å²) in [5, 5.41) is 7.60. The SMILES string of the molecule is CCC1CCCC(Oc2nc(C)ccc2C(=N)N)C1. The van der Waals surface area contributed by atoms with Crippen LogP contribution in [0.15, 0.2) is 12.1 Å². The Morgan fingerprint density at radius 2 is 2.26 bits per heavy atom. The number of nitrogen functional groups attached to an aromatic ring is 1. The molecule has 1 fully saturated rings. The van der Waals surface area contributed by atoms with Gasteiger partial charge >= 0.3 is 0 Å². The van der Waals surface area contributed by atoms with Crippen LogP contribution >= 0.6 is 0 Å². The van der Waals surface area contributed by atoms with Gasteiger partial charge in [-0.1, -0.05) is 19.8 Å². The first kappa shape index (κ1) is 13.8. The van der Waals surface area contributed by atoms with Gasteiger partial charge in [0.2, 0.25) is 5.88 Å². The molecule has 0 saturated heterocycles. The highest BCUT2D eigenvalue weighted by Crippen LogP contribution is 2.30. The predicted molar refractivity (Wildman–Crippen MR) is 76.7 cm³/mol. The number of aryl methyl sites for hydroxylation is 1. The molecule has 1 heterocycles. The van der Waals surface area contributed by atoms with Crippen LogP contribution in [0.2, 0.25) is 0 Å². The third-order valence-corrected chi connectivity index (χ3v) is 3.88. The van der Waals surface area contributed by atoms with E-state index < -0.39 is 0 Å². The molecule has 19 heavy (non-hydrogen) atoms. The second-order valence-electron chi connectivity index (χ2n) is 5.40. The lowest BCUT2D eigenvalue weighted by Crippen LogP contribution is -2.27. The molecule has 1 aromatic rings. The number of nitrogens with two attached hydrogens (primary N) is 1. The Balaban J connectivity index is 2.13. The van der Waals surface area contributed by atoms with E-state index in [2.05, 4.69) is 11.9 Å². The summed E-state index contributed by atoms with van der Waals surface area (Å²) >= 11 is 0. The molecule has 0 aromatic carbocycles. The summed E-state index contributed by atoms with van der Waals surface area (Å²) in [5.74, 6) is 1.30. The van der Waals surface area contributed by atoms with Crippen LogP contribution in [0.1, 0.15) is 50.3 Å². The van der Waals surface area contributed by atoms with E-state index in [1.807, 2.05) is 19.1 Å². The van der Waals surface area contributed by atoms with Gasteiger partial charge < -0.3 is 10.5 Å². The van der Waals surface area contributed by atoms with Crippen LogP contribution in [-0.2, 0) is 0 Å². The second kappa shape index (κ2) is 6.04. The van der Waals surface area contributed by atoms with Crippen molar-refractivity contribution in [1.82, 2.24) is 4.98 Å². The molecule has 0 aliphatic heterocycles. The highest BCUT2D eigenvalue weighted by atomic mass is 16.5. The fourth-order valence-corrected chi connectivity index (χ4v) is 2.71. The molecule has 2 atom stereocenters. The van der Waals surface area contributed by atoms with E-state index in [0.717, 1.165) is 24.5 Å². The zero-order valence-corrected chi connectivity index (χ0v) is 11.8. The summed E-state index contributed by atoms with van der Waals surface area (Å²) in [6.07, 6.45) is 6.10. The molecule has 2 rings (SSSR count). The molecule has 4 heteroatoms. The van der Waals surface area contributed by atoms with Crippen molar-refractivity contribution in [3.05, 3.63) is 23.4 Å². The van der Waals surface area contributed by atoms with Crippen LogP contribution < -0.4 is 10.5 Å². The zero-order valence-electron chi connectivity index (χ0n) is 11.8. The Morgan fingerprint density at radius 1 is 1.47 bits per heavy atom. The summed E-state index contributed by atoms with van der Waals surface area (Å²) in [6.45, 7) is 4.16. The number of aromatic nitrogens is 1. The summed E-state index contributed by atoms with van der Waals surface area (Å²) < 4.78 is 6.03. The topological polar surface area (TPSA) is 72.0 Å². The molecular weight excluding hydrogens is 238 g/mol. The maximum atomic E-state index is 7.60. The fraction of sp³-hybridized carbons (Fsp3) is 0.600. The molecule has 0 bridgehead atoms. The molecule has 2 unspecified atom stereocenters. The van der Waals surface area contributed by atoms with E-state index in [4.69, 9.17) is 15.9 Å². The highest BCUT2D eigenvalue weighted by molar-refractivity contribution is 5.97. The van der Waals surface area contributed by atoms with Crippen molar-refractivity contribution in [2.75, 3.05) is 0 Å². The molecule has 1 aliphatic carbocycles. The first-order valence-corrected chi connectivity index (χ1v) is 7.08. The monoisotopic (exact) mass is 261 g/mol. The molecule has 1 saturated carbocycles. The number of hydrogen-bond donors (Lipinski definition) is 2. The minimum absolute atomic E-state index is 0.0188. The van der Waals surface area contributed by atoms with Gasteiger partial charge in [-0.15, -0.1) is 0 Å². The molecule has 0 spiro atoms. The quantitative estimate of drug-likeness (QED) is 0.646. The first-order valence-electron chi connectivity index (χ1n) is 7.08. The first-order chi connectivity index (χ1) is 9.10. The maximum Gasteiger partial charge on any atom is 0.225 e. The molecule has 0 amide bonds. The number of ether oxygens (including phenoxy) is 1. The third kappa shape index (κ3) is 3.46. The van der Waals surface area contributed by atoms with Gasteiger partial charge in [-0.05, 0) is 44.2 Å². The second-order valence-corrected chi connectivity index (χ2v) is 5.40. The van der Waals surface area contributed by atoms with Crippen molar-refractivity contribution in [3.8, 4) is 5.88 Å². The van der Waals surface area contributed by atoms with Gasteiger partial charge in [0.25, 0.3) is 0 Å². The van der Waals surface area contributed by atoms with Gasteiger partial charge in [-0.25, -0.2) is 4.98 Å². The zero-order chi connectivity index (χ0) is 13.8. The number of amidine groups is 1. The van der Waals surface area contributed by atoms with Gasteiger partial charge in [0, 0.05) is 5.69 Å². The minimum atomic E-state index is 0.0188. The van der Waals surface area contributed by atoms with Crippen molar-refractivity contribution < 1.29 is 4.74 Å². The normalized spacial score (nSPS) is 23.1. The average Bonchev–Trinajstić information content (AvgIpc) is 2.38. The summed E-state index contributed by atoms with van der Waals surface area (Å²) in [6, 6.07) is 3.68. The Labute approximate surface area is 114 Å². The number of rotatable bonds is 4. The third-order valence-electron chi connectivity index (χ3n) is 3.88. The Hall–Kier alpha value is -1.58. The van der Waals surface area contributed by atoms with Gasteiger partial charge in [0.1, 0.15) is 11.9 Å². The minimum Gasteiger partial charge on any atom is -0.474 e. The predicted octanol–water partition coefficient (Wildman–Crippen LogP) is 3.02. The van der Waals surface area contributed by atoms with Crippen LogP contribution in [-0.4, -0.2) is 16.9 Å². The highest BCUT2D eigenvalue weighted by Gasteiger charge is 2.23. The van der Waals surface area contributed by atoms with E-state index in [0.29, 0.717) is 11.4 Å². The number of pyridine rings is 1. The summed E-state index contributed by atoms with van der Waals surface area (Å²) in [5.41, 5.74) is 7.08. The lowest BCUT2D eigenvalue weighted by molar-refractivity contribution is 0.116. The molecular formula is C15H23N3O. The van der Waals surface area contributed by atoms with Crippen molar-refractivity contribution in [2.24, 2.45) is 11.7 Å². The van der Waals surface area contributed by atoms with Gasteiger partial charge in [0.15, 0.2) is 0 Å². The Morgan fingerprint density at radius 3 is 2.95 bits per heavy atom. The van der Waals surface area contributed by atoms with Gasteiger partial charge in [0.05, 0.1) is 5.56 Å². The van der Waals surface area contributed by atoms with E-state index in [-0.39, 0.29) is 11.9 Å². The molecule has 0 radical (unpaired) electrons. The van der Waals surface area contributed by atoms with Crippen LogP contribution in [0.5, 0.6) is 5.88 Å². The number of nitrogens with one attached hydrogen (secondary N) is 1. The van der Waals surface area contributed by atoms with Crippen molar-refractivity contribution in [2.45, 2.75) is 52.1 Å². The lowest BCUT2D eigenvalue weighted by Gasteiger charge is -2.29. The van der Waals surface area contributed by atoms with E-state index in [9.17, 15) is 0 Å². The van der Waals surface area contributed by atoms with Crippen LogP contribution in [0.25, 0.3) is 0 Å². The van der Waals surface area contributed by atoms with Crippen LogP contribution in [0, 0.1) is 18.3 Å². The standard InChI is InChI=1S/C15H23N3O/c1-3-11-5-4-6-12(9-11)19-15-13(14(16)17)8-7-10(2)18-15/h7-8,11-12H,3-6,9H2,1-2H3,(H3,16,17). The Bertz CT molecular complexity index is 459. The Kier molecular flexibility index (Phi) is 4.40. The smallest absolute Gasteiger partial charge is 0.225 e. The van der Waals surface area contributed by atoms with Crippen molar-refractivity contribution in [1.29, 1.82) is 5.41 Å². The van der Waals surface area contributed by atoms with E-state index >= 15 is 0 Å². The molecule has 4 nitrogen and oxygen atoms in total. The summed E-state index contributed by atoms with van der Waals surface area (Å²) in [7, 11) is 0. The largest absolute Gasteiger partial charge is 0.474 e. The van der Waals surface area contributed by atoms with Crippen LogP contribution in [0.3, 0.4) is 0 Å². The average molecular weight is 261 g/mol. The van der Waals surface area contributed by atoms with E-state index in [1.165, 1.54) is 19.3 Å². The number of nitrogens with zero attached hydrogens (tertiary/aromatic N) is 1. The number of hydrogen-bond acceptors (Lipinski definition) is 3. The van der Waals surface area contributed by atoms with Gasteiger partial charge in [-0.3, -0.25) is 5.41 Å². The van der Waals surface area contributed by atoms with Crippen molar-refractivity contribution in [3.63, 3.8) is 0 Å². The maximum absolute atomic E-state index is 7.60. The molecule has 3 N–H and O–H groups in total. The fourth-order valence-electron chi connectivity index (χ4n) is 2.71. The van der Waals surface area contributed by atoms with Crippen LogP contribution in [0.4, 0.5) is 0 Å². The van der Waals surface area contributed by atoms with E-state index in [1.54, 1.807) is 0 Å². The lowest BCUT2D eigenvalue weighted by atomic mass is 9.85. The summed E-state index contributed by atoms with van der Waals surface area (Å²) in [4.78, 5) is 4.40. The molecule has 104 valence electrons. The molecule has 1 aliphatic rings. The molecule has 1 aromatic heterocycles.